The van der Waals surface area contributed by atoms with E-state index in [4.69, 9.17) is 29.4 Å². The summed E-state index contributed by atoms with van der Waals surface area (Å²) in [4.78, 5) is 30.1. The highest BCUT2D eigenvalue weighted by Gasteiger charge is 2.47. The summed E-state index contributed by atoms with van der Waals surface area (Å²) in [6.07, 6.45) is 2.33. The Morgan fingerprint density at radius 3 is 2.36 bits per heavy atom. The fraction of sp³-hybridized carbons (Fsp3) is 0.720. The minimum atomic E-state index is -3.50. The number of nitrogens with zero attached hydrogens (tertiary/aromatic N) is 3. The van der Waals surface area contributed by atoms with E-state index in [-0.39, 0.29) is 44.4 Å². The fourth-order valence-corrected chi connectivity index (χ4v) is 7.86. The van der Waals surface area contributed by atoms with Gasteiger partial charge in [0.15, 0.2) is 0 Å². The van der Waals surface area contributed by atoms with Crippen molar-refractivity contribution in [2.75, 3.05) is 33.5 Å². The lowest BCUT2D eigenvalue weighted by molar-refractivity contribution is -0.0132. The molecule has 1 saturated carbocycles. The molecule has 1 heterocycles. The Morgan fingerprint density at radius 2 is 1.85 bits per heavy atom. The van der Waals surface area contributed by atoms with Gasteiger partial charge in [0.25, 0.3) is 14.1 Å². The van der Waals surface area contributed by atoms with Gasteiger partial charge in [-0.3, -0.25) is 18.9 Å². The van der Waals surface area contributed by atoms with Crippen LogP contribution in [0.3, 0.4) is 0 Å². The molecule has 0 aliphatic heterocycles. The van der Waals surface area contributed by atoms with Crippen LogP contribution in [0.15, 0.2) is 33.7 Å². The molecule has 1 aromatic rings. The second-order valence-electron chi connectivity index (χ2n) is 9.49. The summed E-state index contributed by atoms with van der Waals surface area (Å²) in [7, 11) is -3.61. The zero-order valence-electron chi connectivity index (χ0n) is 23.8. The number of H-pyrrole nitrogens is 1. The first-order valence-electron chi connectivity index (χ1n) is 13.2. The highest BCUT2D eigenvalue weighted by atomic mass is 31.2. The van der Waals surface area contributed by atoms with Crippen molar-refractivity contribution in [2.45, 2.75) is 78.3 Å². The maximum atomic E-state index is 13.2. The number of nitrogens with one attached hydrogen (secondary N) is 1. The predicted molar refractivity (Wildman–Crippen MR) is 151 cm³/mol. The van der Waals surface area contributed by atoms with E-state index in [2.05, 4.69) is 14.5 Å². The van der Waals surface area contributed by atoms with Crippen molar-refractivity contribution in [3.8, 4) is 0 Å². The van der Waals surface area contributed by atoms with Crippen molar-refractivity contribution < 1.29 is 27.4 Å². The van der Waals surface area contributed by atoms with Gasteiger partial charge in [-0.2, -0.15) is 0 Å². The lowest BCUT2D eigenvalue weighted by atomic mass is 10.1. The molecule has 220 valence electrons. The Morgan fingerprint density at radius 1 is 1.21 bits per heavy atom. The quantitative estimate of drug-likeness (QED) is 0.168. The molecule has 0 bridgehead atoms. The van der Waals surface area contributed by atoms with Gasteiger partial charge in [0, 0.05) is 43.2 Å². The number of rotatable bonds is 16. The van der Waals surface area contributed by atoms with Crippen LogP contribution in [0.1, 0.15) is 54.0 Å². The maximum absolute atomic E-state index is 13.2. The fourth-order valence-electron chi connectivity index (χ4n) is 4.68. The van der Waals surface area contributed by atoms with E-state index >= 15 is 0 Å². The monoisotopic (exact) mass is 588 g/mol. The first-order chi connectivity index (χ1) is 18.5. The number of ether oxygens (including phenoxy) is 1. The molecular weight excluding hydrogens is 546 g/mol. The zero-order valence-corrected chi connectivity index (χ0v) is 25.6. The van der Waals surface area contributed by atoms with Gasteiger partial charge in [-0.1, -0.05) is 6.08 Å². The summed E-state index contributed by atoms with van der Waals surface area (Å²) < 4.78 is 46.3. The number of aromatic amines is 1. The lowest BCUT2D eigenvalue weighted by Gasteiger charge is -2.38. The molecule has 14 heteroatoms. The summed E-state index contributed by atoms with van der Waals surface area (Å²) in [5, 5.41) is 0. The minimum Gasteiger partial charge on any atom is -0.377 e. The predicted octanol–water partition coefficient (Wildman–Crippen LogP) is 4.56. The summed E-state index contributed by atoms with van der Waals surface area (Å²) in [5.41, 5.74) is -1.06. The van der Waals surface area contributed by atoms with Gasteiger partial charge in [0.05, 0.1) is 19.3 Å². The first kappa shape index (κ1) is 33.5. The van der Waals surface area contributed by atoms with Gasteiger partial charge in [-0.15, -0.1) is 0 Å². The summed E-state index contributed by atoms with van der Waals surface area (Å²) in [5.74, 6) is 1.07. The maximum Gasteiger partial charge on any atom is 0.353 e. The summed E-state index contributed by atoms with van der Waals surface area (Å²) in [6, 6.07) is 0.943. The molecule has 0 amide bonds. The molecule has 1 aromatic heterocycles. The second kappa shape index (κ2) is 15.9. The summed E-state index contributed by atoms with van der Waals surface area (Å²) >= 11 is 0. The van der Waals surface area contributed by atoms with E-state index in [1.807, 2.05) is 27.7 Å². The van der Waals surface area contributed by atoms with Crippen molar-refractivity contribution >= 4 is 16.1 Å². The molecule has 0 spiro atoms. The topological polar surface area (TPSA) is 126 Å². The third-order valence-electron chi connectivity index (χ3n) is 6.12. The Labute approximate surface area is 231 Å². The molecule has 5 atom stereocenters. The molecule has 2 rings (SSSR count). The van der Waals surface area contributed by atoms with Crippen molar-refractivity contribution in [3.05, 3.63) is 56.4 Å². The van der Waals surface area contributed by atoms with Crippen molar-refractivity contribution in [3.63, 3.8) is 0 Å². The van der Waals surface area contributed by atoms with E-state index in [9.17, 15) is 14.2 Å². The Balaban J connectivity index is 2.56. The first-order valence-corrected chi connectivity index (χ1v) is 15.9. The van der Waals surface area contributed by atoms with E-state index in [1.165, 1.54) is 29.8 Å². The molecule has 0 saturated heterocycles. The molecular formula is C25H42N4O8P2. The highest BCUT2D eigenvalue weighted by Crippen LogP contribution is 2.54. The summed E-state index contributed by atoms with van der Waals surface area (Å²) in [6.45, 7) is 19.6. The Hall–Kier alpha value is -1.67. The third-order valence-corrected chi connectivity index (χ3v) is 10.0. The van der Waals surface area contributed by atoms with Crippen molar-refractivity contribution in [1.29, 1.82) is 0 Å². The van der Waals surface area contributed by atoms with Crippen LogP contribution >= 0.6 is 16.1 Å². The third kappa shape index (κ3) is 9.17. The average molecular weight is 589 g/mol. The SMILES string of the molecule is [C-]#[N+]CCOP(OC1[C@@H](/C=C/P(=O)(OCC)OCC)C[C@@H](n2ccc(=O)[nH]c2=O)[C@H]1OC)N(C(C)C)C(C)C. The standard InChI is InChI=1S/C25H42N4O8P2/c1-9-35-39(32,36-10-2)16-12-20-17-21(28-14-11-22(30)27-25(28)31)24(33-8)23(20)37-38(34-15-13-26-7)29(18(3)4)19(5)6/h11-12,14,16,18-21,23-24H,9-10,13,15,17H2,1-6,8H3,(H,27,30,31)/b16-12+/t20-,21+,23?,24+,38?/m0/s1. The lowest BCUT2D eigenvalue weighted by Crippen LogP contribution is -2.40. The minimum absolute atomic E-state index is 0.0779. The van der Waals surface area contributed by atoms with Gasteiger partial charge in [-0.25, -0.2) is 16.0 Å². The molecule has 0 radical (unpaired) electrons. The van der Waals surface area contributed by atoms with Crippen LogP contribution in [0.2, 0.25) is 0 Å². The van der Waals surface area contributed by atoms with Crippen LogP contribution in [-0.4, -0.2) is 72.0 Å². The van der Waals surface area contributed by atoms with E-state index < -0.39 is 45.6 Å². The molecule has 1 fully saturated rings. The average Bonchev–Trinajstić information content (AvgIpc) is 3.19. The van der Waals surface area contributed by atoms with Crippen LogP contribution in [0.25, 0.3) is 4.85 Å². The van der Waals surface area contributed by atoms with Crippen LogP contribution in [0, 0.1) is 12.5 Å². The van der Waals surface area contributed by atoms with E-state index in [0.29, 0.717) is 6.42 Å². The van der Waals surface area contributed by atoms with Gasteiger partial charge in [-0.05, 0) is 48.0 Å². The number of hydrogen-bond donors (Lipinski definition) is 1. The Bertz CT molecular complexity index is 1110. The zero-order chi connectivity index (χ0) is 29.2. The molecule has 2 unspecified atom stereocenters. The molecule has 1 N–H and O–H groups in total. The van der Waals surface area contributed by atoms with Crippen LogP contribution in [-0.2, 0) is 27.4 Å². The molecule has 0 aromatic carbocycles. The van der Waals surface area contributed by atoms with Crippen molar-refractivity contribution in [1.82, 2.24) is 14.2 Å². The van der Waals surface area contributed by atoms with Crippen molar-refractivity contribution in [2.24, 2.45) is 5.92 Å². The highest BCUT2D eigenvalue weighted by molar-refractivity contribution is 7.57. The van der Waals surface area contributed by atoms with Gasteiger partial charge in [0.2, 0.25) is 6.54 Å². The Kier molecular flexibility index (Phi) is 13.7. The molecule has 12 nitrogen and oxygen atoms in total. The van der Waals surface area contributed by atoms with E-state index in [0.717, 1.165) is 0 Å². The number of aromatic nitrogens is 2. The normalized spacial score (nSPS) is 22.8. The molecule has 1 aliphatic carbocycles. The van der Waals surface area contributed by atoms with Gasteiger partial charge in [0.1, 0.15) is 18.8 Å². The second-order valence-corrected chi connectivity index (χ2v) is 12.8. The molecule has 1 aliphatic rings. The smallest absolute Gasteiger partial charge is 0.353 e. The van der Waals surface area contributed by atoms with Crippen LogP contribution < -0.4 is 11.2 Å². The molecule has 39 heavy (non-hydrogen) atoms. The van der Waals surface area contributed by atoms with Gasteiger partial charge < -0.3 is 27.7 Å². The largest absolute Gasteiger partial charge is 0.377 e. The van der Waals surface area contributed by atoms with E-state index in [1.54, 1.807) is 19.9 Å². The number of methoxy groups -OCH3 is 1. The van der Waals surface area contributed by atoms with Crippen LogP contribution in [0.5, 0.6) is 0 Å². The number of hydrogen-bond acceptors (Lipinski definition) is 9. The van der Waals surface area contributed by atoms with Crippen LogP contribution in [0.4, 0.5) is 0 Å². The van der Waals surface area contributed by atoms with Gasteiger partial charge >= 0.3 is 13.3 Å².